The van der Waals surface area contributed by atoms with Gasteiger partial charge in [0.25, 0.3) is 5.91 Å². The Hall–Kier alpha value is -1.86. The molecule has 0 saturated heterocycles. The first kappa shape index (κ1) is 17.5. The van der Waals surface area contributed by atoms with Gasteiger partial charge in [-0.2, -0.15) is 0 Å². The molecule has 0 bridgehead atoms. The highest BCUT2D eigenvalue weighted by atomic mass is 32.1. The van der Waals surface area contributed by atoms with Gasteiger partial charge < -0.3 is 10.1 Å². The molecule has 0 fully saturated rings. The lowest BCUT2D eigenvalue weighted by atomic mass is 9.95. The largest absolute Gasteiger partial charge is 0.372 e. The van der Waals surface area contributed by atoms with Crippen molar-refractivity contribution in [3.8, 4) is 0 Å². The van der Waals surface area contributed by atoms with Crippen molar-refractivity contribution in [2.75, 3.05) is 13.7 Å². The molecular weight excluding hydrogens is 317 g/mol. The lowest BCUT2D eigenvalue weighted by molar-refractivity contribution is 0.000412. The number of carbonyl (C=O) groups excluding carboxylic acids is 1. The van der Waals surface area contributed by atoms with Crippen LogP contribution in [0.25, 0.3) is 0 Å². The molecule has 124 valence electrons. The Balaban J connectivity index is 2.12. The maximum atomic E-state index is 14.0. The lowest BCUT2D eigenvalue weighted by Crippen LogP contribution is -2.40. The van der Waals surface area contributed by atoms with Gasteiger partial charge in [-0.25, -0.2) is 4.39 Å². The van der Waals surface area contributed by atoms with E-state index in [0.29, 0.717) is 22.6 Å². The minimum atomic E-state index is -0.954. The molecule has 1 amide bonds. The van der Waals surface area contributed by atoms with E-state index < -0.39 is 5.60 Å². The molecule has 0 aliphatic carbocycles. The van der Waals surface area contributed by atoms with E-state index in [1.165, 1.54) is 13.2 Å². The topological polar surface area (TPSA) is 64.1 Å². The number of aryl methyl sites for hydroxylation is 1. The Morgan fingerprint density at radius 2 is 2.17 bits per heavy atom. The van der Waals surface area contributed by atoms with Crippen LogP contribution in [0.2, 0.25) is 0 Å². The first-order chi connectivity index (χ1) is 11.0. The summed E-state index contributed by atoms with van der Waals surface area (Å²) < 4.78 is 23.3. The van der Waals surface area contributed by atoms with Crippen molar-refractivity contribution in [1.82, 2.24) is 14.9 Å². The van der Waals surface area contributed by atoms with Crippen LogP contribution in [0, 0.1) is 5.82 Å². The molecule has 1 aromatic heterocycles. The molecule has 5 nitrogen and oxygen atoms in total. The lowest BCUT2D eigenvalue weighted by Gasteiger charge is -2.29. The number of rotatable bonds is 7. The summed E-state index contributed by atoms with van der Waals surface area (Å²) in [6.07, 6.45) is 1.59. The monoisotopic (exact) mass is 337 g/mol. The van der Waals surface area contributed by atoms with E-state index in [2.05, 4.69) is 14.9 Å². The van der Waals surface area contributed by atoms with Crippen LogP contribution in [-0.2, 0) is 16.8 Å². The maximum Gasteiger partial charge on any atom is 0.265 e. The van der Waals surface area contributed by atoms with Crippen molar-refractivity contribution in [2.45, 2.75) is 32.3 Å². The molecule has 1 N–H and O–H groups in total. The van der Waals surface area contributed by atoms with Crippen LogP contribution in [0.1, 0.15) is 41.2 Å². The molecule has 2 aromatic rings. The summed E-state index contributed by atoms with van der Waals surface area (Å²) in [5.74, 6) is -0.625. The van der Waals surface area contributed by atoms with Crippen LogP contribution in [0.3, 0.4) is 0 Å². The van der Waals surface area contributed by atoms with Gasteiger partial charge in [0.05, 0.1) is 12.2 Å². The standard InChI is InChI=1S/C16H20FN3O2S/c1-4-7-13-14(23-20-19-13)15(21)18-10-16(2,22-3)11-8-5-6-9-12(11)17/h5-6,8-9H,4,7,10H2,1-3H3,(H,18,21). The number of methoxy groups -OCH3 is 1. The van der Waals surface area contributed by atoms with Crippen LogP contribution < -0.4 is 5.32 Å². The maximum absolute atomic E-state index is 14.0. The number of hydrogen-bond acceptors (Lipinski definition) is 5. The Bertz CT molecular complexity index is 677. The minimum absolute atomic E-state index is 0.146. The molecule has 0 aliphatic heterocycles. The average molecular weight is 337 g/mol. The summed E-state index contributed by atoms with van der Waals surface area (Å²) in [6.45, 7) is 3.90. The highest BCUT2D eigenvalue weighted by Crippen LogP contribution is 2.26. The van der Waals surface area contributed by atoms with Crippen LogP contribution >= 0.6 is 11.5 Å². The number of hydrogen-bond donors (Lipinski definition) is 1. The van der Waals surface area contributed by atoms with E-state index in [-0.39, 0.29) is 18.3 Å². The Kier molecular flexibility index (Phi) is 5.79. The molecule has 0 saturated carbocycles. The zero-order valence-corrected chi connectivity index (χ0v) is 14.2. The van der Waals surface area contributed by atoms with Crippen molar-refractivity contribution < 1.29 is 13.9 Å². The zero-order chi connectivity index (χ0) is 16.9. The first-order valence-corrected chi connectivity index (χ1v) is 8.18. The highest BCUT2D eigenvalue weighted by Gasteiger charge is 2.30. The quantitative estimate of drug-likeness (QED) is 0.844. The highest BCUT2D eigenvalue weighted by molar-refractivity contribution is 7.08. The van der Waals surface area contributed by atoms with Crippen molar-refractivity contribution in [3.05, 3.63) is 46.2 Å². The average Bonchev–Trinajstić information content (AvgIpc) is 3.01. The third kappa shape index (κ3) is 3.92. The Morgan fingerprint density at radius 1 is 1.43 bits per heavy atom. The smallest absolute Gasteiger partial charge is 0.265 e. The minimum Gasteiger partial charge on any atom is -0.372 e. The second-order valence-corrected chi connectivity index (χ2v) is 6.15. The first-order valence-electron chi connectivity index (χ1n) is 7.41. The van der Waals surface area contributed by atoms with Gasteiger partial charge in [-0.05, 0) is 30.9 Å². The van der Waals surface area contributed by atoms with E-state index in [0.717, 1.165) is 18.0 Å². The van der Waals surface area contributed by atoms with Gasteiger partial charge in [0.2, 0.25) is 0 Å². The molecule has 7 heteroatoms. The Labute approximate surface area is 139 Å². The van der Waals surface area contributed by atoms with Gasteiger partial charge in [0.15, 0.2) is 0 Å². The predicted molar refractivity (Wildman–Crippen MR) is 87.0 cm³/mol. The molecule has 1 unspecified atom stereocenters. The van der Waals surface area contributed by atoms with E-state index in [4.69, 9.17) is 4.74 Å². The van der Waals surface area contributed by atoms with E-state index in [1.54, 1.807) is 25.1 Å². The van der Waals surface area contributed by atoms with Gasteiger partial charge in [0.1, 0.15) is 16.3 Å². The third-order valence-electron chi connectivity index (χ3n) is 3.73. The van der Waals surface area contributed by atoms with E-state index in [1.807, 2.05) is 6.92 Å². The molecule has 1 heterocycles. The molecule has 0 spiro atoms. The van der Waals surface area contributed by atoms with Gasteiger partial charge in [-0.1, -0.05) is 36.0 Å². The van der Waals surface area contributed by atoms with Crippen molar-refractivity contribution in [2.24, 2.45) is 0 Å². The summed E-state index contributed by atoms with van der Waals surface area (Å²) >= 11 is 1.07. The summed E-state index contributed by atoms with van der Waals surface area (Å²) in [6, 6.07) is 6.39. The second kappa shape index (κ2) is 7.61. The third-order valence-corrected chi connectivity index (χ3v) is 4.50. The summed E-state index contributed by atoms with van der Waals surface area (Å²) in [7, 11) is 1.50. The summed E-state index contributed by atoms with van der Waals surface area (Å²) in [4.78, 5) is 12.8. The van der Waals surface area contributed by atoms with Gasteiger partial charge >= 0.3 is 0 Å². The molecule has 23 heavy (non-hydrogen) atoms. The number of carbonyl (C=O) groups is 1. The van der Waals surface area contributed by atoms with Crippen molar-refractivity contribution in [1.29, 1.82) is 0 Å². The number of nitrogens with zero attached hydrogens (tertiary/aromatic N) is 2. The zero-order valence-electron chi connectivity index (χ0n) is 13.4. The van der Waals surface area contributed by atoms with E-state index >= 15 is 0 Å². The number of nitrogens with one attached hydrogen (secondary N) is 1. The van der Waals surface area contributed by atoms with Crippen molar-refractivity contribution >= 4 is 17.4 Å². The van der Waals surface area contributed by atoms with Gasteiger partial charge in [-0.3, -0.25) is 4.79 Å². The number of benzene rings is 1. The molecule has 2 rings (SSSR count). The number of ether oxygens (including phenoxy) is 1. The molecular formula is C16H20FN3O2S. The number of aromatic nitrogens is 2. The molecule has 1 aromatic carbocycles. The molecule has 0 aliphatic rings. The fraction of sp³-hybridized carbons (Fsp3) is 0.438. The van der Waals surface area contributed by atoms with E-state index in [9.17, 15) is 9.18 Å². The Morgan fingerprint density at radius 3 is 2.83 bits per heavy atom. The predicted octanol–water partition coefficient (Wildman–Crippen LogP) is 2.92. The molecule has 0 radical (unpaired) electrons. The normalized spacial score (nSPS) is 13.6. The fourth-order valence-corrected chi connectivity index (χ4v) is 2.90. The second-order valence-electron chi connectivity index (χ2n) is 5.40. The number of amides is 1. The SMILES string of the molecule is CCCc1nnsc1C(=O)NCC(C)(OC)c1ccccc1F. The van der Waals surface area contributed by atoms with Crippen molar-refractivity contribution in [3.63, 3.8) is 0 Å². The van der Waals surface area contributed by atoms with Crippen LogP contribution in [0.4, 0.5) is 4.39 Å². The van der Waals surface area contributed by atoms with Crippen LogP contribution in [-0.4, -0.2) is 29.1 Å². The fourth-order valence-electron chi connectivity index (χ4n) is 2.28. The van der Waals surface area contributed by atoms with Crippen LogP contribution in [0.5, 0.6) is 0 Å². The molecule has 1 atom stereocenters. The summed E-state index contributed by atoms with van der Waals surface area (Å²) in [5.41, 5.74) is 0.142. The number of halogens is 1. The van der Waals surface area contributed by atoms with Gasteiger partial charge in [-0.15, -0.1) is 5.10 Å². The van der Waals surface area contributed by atoms with Crippen LogP contribution in [0.15, 0.2) is 24.3 Å². The van der Waals surface area contributed by atoms with Gasteiger partial charge in [0, 0.05) is 12.7 Å². The summed E-state index contributed by atoms with van der Waals surface area (Å²) in [5, 5.41) is 6.78.